The molecule has 2 aromatic heterocycles. The molecule has 0 saturated heterocycles. The van der Waals surface area contributed by atoms with Crippen LogP contribution in [0.3, 0.4) is 0 Å². The normalized spacial score (nSPS) is 15.2. The Morgan fingerprint density at radius 2 is 1.88 bits per heavy atom. The molecule has 1 atom stereocenters. The first-order chi connectivity index (χ1) is 15.9. The molecule has 0 radical (unpaired) electrons. The zero-order valence-electron chi connectivity index (χ0n) is 19.3. The number of aliphatic hydroxyl groups excluding tert-OH is 1. The number of hydrogen-bond acceptors (Lipinski definition) is 5. The quantitative estimate of drug-likeness (QED) is 0.334. The summed E-state index contributed by atoms with van der Waals surface area (Å²) in [6.07, 6.45) is 3.68. The van der Waals surface area contributed by atoms with E-state index in [1.54, 1.807) is 0 Å². The van der Waals surface area contributed by atoms with Gasteiger partial charge < -0.3 is 14.8 Å². The average molecular weight is 463 g/mol. The molecule has 1 aliphatic rings. The fourth-order valence-electron chi connectivity index (χ4n) is 3.94. The maximum Gasteiger partial charge on any atom is 0.191 e. The highest BCUT2D eigenvalue weighted by atomic mass is 32.2. The summed E-state index contributed by atoms with van der Waals surface area (Å²) in [6, 6.07) is 16.8. The molecule has 2 aromatic carbocycles. The van der Waals surface area contributed by atoms with Crippen molar-refractivity contribution in [3.8, 4) is 17.1 Å². The van der Waals surface area contributed by atoms with Crippen molar-refractivity contribution in [2.45, 2.75) is 56.3 Å². The van der Waals surface area contributed by atoms with Crippen LogP contribution in [-0.2, 0) is 5.41 Å². The summed E-state index contributed by atoms with van der Waals surface area (Å²) in [7, 11) is 0. The smallest absolute Gasteiger partial charge is 0.191 e. The Morgan fingerprint density at radius 1 is 1.12 bits per heavy atom. The van der Waals surface area contributed by atoms with Crippen molar-refractivity contribution in [1.29, 1.82) is 0 Å². The van der Waals surface area contributed by atoms with E-state index in [-0.39, 0.29) is 12.0 Å². The molecule has 1 aliphatic carbocycles. The first kappa shape index (κ1) is 22.0. The number of H-pyrrole nitrogens is 1. The number of hydrogen-bond donors (Lipinski definition) is 2. The molecule has 33 heavy (non-hydrogen) atoms. The van der Waals surface area contributed by atoms with Gasteiger partial charge in [-0.2, -0.15) is 0 Å². The van der Waals surface area contributed by atoms with Gasteiger partial charge in [0.2, 0.25) is 0 Å². The molecule has 7 heteroatoms. The Kier molecular flexibility index (Phi) is 5.93. The summed E-state index contributed by atoms with van der Waals surface area (Å²) in [5.74, 6) is 2.16. The molecule has 0 amide bonds. The largest absolute Gasteiger partial charge is 0.491 e. The minimum absolute atomic E-state index is 0.109. The van der Waals surface area contributed by atoms with Crippen molar-refractivity contribution in [3.63, 3.8) is 0 Å². The van der Waals surface area contributed by atoms with Crippen molar-refractivity contribution in [2.24, 2.45) is 0 Å². The van der Waals surface area contributed by atoms with Crippen molar-refractivity contribution in [3.05, 3.63) is 60.3 Å². The third-order valence-corrected chi connectivity index (χ3v) is 7.06. The molecule has 2 N–H and O–H groups in total. The molecule has 5 rings (SSSR count). The van der Waals surface area contributed by atoms with Crippen LogP contribution in [0.1, 0.15) is 45.2 Å². The molecule has 1 saturated carbocycles. The number of aromatic amines is 1. The molecule has 172 valence electrons. The van der Waals surface area contributed by atoms with Crippen LogP contribution in [0.2, 0.25) is 0 Å². The number of aromatic nitrogens is 4. The van der Waals surface area contributed by atoms with Gasteiger partial charge in [-0.05, 0) is 42.0 Å². The zero-order chi connectivity index (χ0) is 23.0. The molecular formula is C26H30N4O2S. The molecule has 4 aromatic rings. The number of thioether (sulfide) groups is 1. The van der Waals surface area contributed by atoms with E-state index in [0.717, 1.165) is 46.0 Å². The molecule has 1 fully saturated rings. The summed E-state index contributed by atoms with van der Waals surface area (Å²) in [5, 5.41) is 21.5. The molecule has 1 unspecified atom stereocenters. The van der Waals surface area contributed by atoms with Crippen LogP contribution in [0, 0.1) is 0 Å². The van der Waals surface area contributed by atoms with E-state index in [4.69, 9.17) is 4.74 Å². The molecule has 2 heterocycles. The number of aliphatic hydroxyl groups is 1. The lowest BCUT2D eigenvalue weighted by Gasteiger charge is -2.19. The van der Waals surface area contributed by atoms with Crippen molar-refractivity contribution in [2.75, 3.05) is 12.4 Å². The van der Waals surface area contributed by atoms with Gasteiger partial charge in [0.25, 0.3) is 0 Å². The number of para-hydroxylation sites is 1. The van der Waals surface area contributed by atoms with Crippen molar-refractivity contribution in [1.82, 2.24) is 19.7 Å². The van der Waals surface area contributed by atoms with E-state index in [0.29, 0.717) is 11.8 Å². The Bertz CT molecular complexity index is 1240. The maximum absolute atomic E-state index is 10.5. The highest BCUT2D eigenvalue weighted by Gasteiger charge is 2.31. The molecule has 0 aliphatic heterocycles. The number of ether oxygens (including phenoxy) is 1. The third kappa shape index (κ3) is 4.80. The van der Waals surface area contributed by atoms with Crippen LogP contribution < -0.4 is 4.74 Å². The first-order valence-electron chi connectivity index (χ1n) is 11.5. The van der Waals surface area contributed by atoms with Gasteiger partial charge in [0.05, 0.1) is 6.10 Å². The Hall–Kier alpha value is -2.77. The molecular weight excluding hydrogens is 432 g/mol. The van der Waals surface area contributed by atoms with E-state index in [9.17, 15) is 5.11 Å². The van der Waals surface area contributed by atoms with Crippen LogP contribution in [0.4, 0.5) is 0 Å². The highest BCUT2D eigenvalue weighted by Crippen LogP contribution is 2.42. The minimum atomic E-state index is -0.599. The predicted octanol–water partition coefficient (Wildman–Crippen LogP) is 5.59. The maximum atomic E-state index is 10.5. The minimum Gasteiger partial charge on any atom is -0.491 e. The van der Waals surface area contributed by atoms with Gasteiger partial charge in [0, 0.05) is 34.5 Å². The SMILES string of the molecule is CC(C)(C)c1ccc(OCC(O)CSc2nnc(-c3c[nH]c4ccccc34)n2C2CC2)cc1. The highest BCUT2D eigenvalue weighted by molar-refractivity contribution is 7.99. The lowest BCUT2D eigenvalue weighted by Crippen LogP contribution is -2.20. The fraction of sp³-hybridized carbons (Fsp3) is 0.385. The van der Waals surface area contributed by atoms with Crippen LogP contribution in [-0.4, -0.2) is 43.3 Å². The van der Waals surface area contributed by atoms with Gasteiger partial charge >= 0.3 is 0 Å². The summed E-state index contributed by atoms with van der Waals surface area (Å²) >= 11 is 1.54. The van der Waals surface area contributed by atoms with Gasteiger partial charge in [0.1, 0.15) is 12.4 Å². The van der Waals surface area contributed by atoms with Gasteiger partial charge in [-0.25, -0.2) is 0 Å². The summed E-state index contributed by atoms with van der Waals surface area (Å²) in [5.41, 5.74) is 3.53. The Labute approximate surface area is 198 Å². The molecule has 0 bridgehead atoms. The number of nitrogens with zero attached hydrogens (tertiary/aromatic N) is 3. The fourth-order valence-corrected chi connectivity index (χ4v) is 4.85. The number of nitrogens with one attached hydrogen (secondary N) is 1. The predicted molar refractivity (Wildman–Crippen MR) is 133 cm³/mol. The van der Waals surface area contributed by atoms with Gasteiger partial charge in [0.15, 0.2) is 11.0 Å². The van der Waals surface area contributed by atoms with Crippen LogP contribution in [0.5, 0.6) is 5.75 Å². The average Bonchev–Trinajstić information content (AvgIpc) is 3.41. The summed E-state index contributed by atoms with van der Waals surface area (Å²) < 4.78 is 8.05. The van der Waals surface area contributed by atoms with E-state index < -0.39 is 6.10 Å². The van der Waals surface area contributed by atoms with Crippen molar-refractivity contribution < 1.29 is 9.84 Å². The standard InChI is InChI=1S/C26H30N4O2S/c1-26(2,3)17-8-12-20(13-9-17)32-15-19(31)16-33-25-29-28-24(30(25)18-10-11-18)22-14-27-23-7-5-4-6-21(22)23/h4-9,12-14,18-19,27,31H,10-11,15-16H2,1-3H3. The van der Waals surface area contributed by atoms with Crippen LogP contribution >= 0.6 is 11.8 Å². The lowest BCUT2D eigenvalue weighted by molar-refractivity contribution is 0.126. The number of rotatable bonds is 8. The first-order valence-corrected chi connectivity index (χ1v) is 12.4. The molecule has 0 spiro atoms. The van der Waals surface area contributed by atoms with Crippen LogP contribution in [0.15, 0.2) is 59.9 Å². The number of benzene rings is 2. The van der Waals surface area contributed by atoms with Gasteiger partial charge in [-0.15, -0.1) is 10.2 Å². The van der Waals surface area contributed by atoms with E-state index >= 15 is 0 Å². The Balaban J connectivity index is 1.24. The van der Waals surface area contributed by atoms with E-state index in [1.165, 1.54) is 17.3 Å². The van der Waals surface area contributed by atoms with E-state index in [1.807, 2.05) is 30.5 Å². The Morgan fingerprint density at radius 3 is 2.61 bits per heavy atom. The molecule has 6 nitrogen and oxygen atoms in total. The lowest BCUT2D eigenvalue weighted by atomic mass is 9.87. The summed E-state index contributed by atoms with van der Waals surface area (Å²) in [4.78, 5) is 3.33. The van der Waals surface area contributed by atoms with E-state index in [2.05, 4.69) is 64.8 Å². The second kappa shape index (κ2) is 8.88. The third-order valence-electron chi connectivity index (χ3n) is 5.97. The second-order valence-electron chi connectivity index (χ2n) is 9.71. The topological polar surface area (TPSA) is 76.0 Å². The summed E-state index contributed by atoms with van der Waals surface area (Å²) in [6.45, 7) is 6.81. The zero-order valence-corrected chi connectivity index (χ0v) is 20.1. The van der Waals surface area contributed by atoms with Crippen LogP contribution in [0.25, 0.3) is 22.3 Å². The number of fused-ring (bicyclic) bond motifs is 1. The van der Waals surface area contributed by atoms with Gasteiger partial charge in [-0.1, -0.05) is 62.9 Å². The second-order valence-corrected chi connectivity index (χ2v) is 10.7. The monoisotopic (exact) mass is 462 g/mol. The van der Waals surface area contributed by atoms with Gasteiger partial charge in [-0.3, -0.25) is 4.57 Å². The van der Waals surface area contributed by atoms with Crippen molar-refractivity contribution >= 4 is 22.7 Å².